The van der Waals surface area contributed by atoms with E-state index < -0.39 is 0 Å². The third kappa shape index (κ3) is 3.35. The van der Waals surface area contributed by atoms with Crippen LogP contribution in [0, 0.1) is 5.41 Å². The van der Waals surface area contributed by atoms with Gasteiger partial charge in [0.15, 0.2) is 5.82 Å². The first-order valence-corrected chi connectivity index (χ1v) is 8.14. The SMILES string of the molecule is CC1(C)CCCNC1c1nc(Cc2ccc(Br)cc2)no1. The molecule has 112 valence electrons. The van der Waals surface area contributed by atoms with Crippen molar-refractivity contribution >= 4 is 15.9 Å². The van der Waals surface area contributed by atoms with Crippen LogP contribution in [-0.4, -0.2) is 16.7 Å². The molecule has 0 amide bonds. The van der Waals surface area contributed by atoms with Crippen LogP contribution < -0.4 is 5.32 Å². The Balaban J connectivity index is 1.75. The van der Waals surface area contributed by atoms with Gasteiger partial charge < -0.3 is 9.84 Å². The van der Waals surface area contributed by atoms with Crippen LogP contribution in [0.25, 0.3) is 0 Å². The Bertz CT molecular complexity index is 606. The summed E-state index contributed by atoms with van der Waals surface area (Å²) in [7, 11) is 0. The van der Waals surface area contributed by atoms with Gasteiger partial charge in [0.05, 0.1) is 6.04 Å². The number of halogens is 1. The van der Waals surface area contributed by atoms with E-state index in [1.807, 2.05) is 12.1 Å². The summed E-state index contributed by atoms with van der Waals surface area (Å²) in [6, 6.07) is 8.35. The highest BCUT2D eigenvalue weighted by Gasteiger charge is 2.36. The van der Waals surface area contributed by atoms with Gasteiger partial charge in [-0.05, 0) is 42.5 Å². The quantitative estimate of drug-likeness (QED) is 0.913. The molecular formula is C16H20BrN3O. The van der Waals surface area contributed by atoms with Crippen molar-refractivity contribution in [3.05, 3.63) is 46.0 Å². The number of hydrogen-bond acceptors (Lipinski definition) is 4. The lowest BCUT2D eigenvalue weighted by atomic mass is 9.77. The van der Waals surface area contributed by atoms with Crippen molar-refractivity contribution in [3.63, 3.8) is 0 Å². The predicted octanol–water partition coefficient (Wildman–Crippen LogP) is 3.87. The molecule has 1 aromatic carbocycles. The van der Waals surface area contributed by atoms with Crippen molar-refractivity contribution in [2.75, 3.05) is 6.54 Å². The smallest absolute Gasteiger partial charge is 0.244 e. The van der Waals surface area contributed by atoms with Crippen LogP contribution in [0.5, 0.6) is 0 Å². The van der Waals surface area contributed by atoms with Crippen molar-refractivity contribution in [1.29, 1.82) is 0 Å². The van der Waals surface area contributed by atoms with Crippen LogP contribution in [0.2, 0.25) is 0 Å². The molecule has 1 N–H and O–H groups in total. The summed E-state index contributed by atoms with van der Waals surface area (Å²) in [6.07, 6.45) is 3.07. The molecule has 1 aromatic heterocycles. The Kier molecular flexibility index (Phi) is 4.13. The Hall–Kier alpha value is -1.20. The van der Waals surface area contributed by atoms with Crippen LogP contribution in [0.15, 0.2) is 33.3 Å². The van der Waals surface area contributed by atoms with Gasteiger partial charge in [-0.25, -0.2) is 0 Å². The third-order valence-electron chi connectivity index (χ3n) is 4.13. The number of aromatic nitrogens is 2. The second kappa shape index (κ2) is 5.89. The summed E-state index contributed by atoms with van der Waals surface area (Å²) >= 11 is 3.44. The number of piperidine rings is 1. The molecule has 0 spiro atoms. The first kappa shape index (κ1) is 14.7. The fraction of sp³-hybridized carbons (Fsp3) is 0.500. The zero-order valence-corrected chi connectivity index (χ0v) is 14.0. The number of hydrogen-bond donors (Lipinski definition) is 1. The number of rotatable bonds is 3. The molecule has 3 rings (SSSR count). The van der Waals surface area contributed by atoms with Crippen LogP contribution in [0.4, 0.5) is 0 Å². The van der Waals surface area contributed by atoms with Crippen molar-refractivity contribution in [3.8, 4) is 0 Å². The molecular weight excluding hydrogens is 330 g/mol. The lowest BCUT2D eigenvalue weighted by Gasteiger charge is -2.36. The Morgan fingerprint density at radius 1 is 1.33 bits per heavy atom. The zero-order valence-electron chi connectivity index (χ0n) is 12.4. The molecule has 2 heterocycles. The molecule has 2 aromatic rings. The van der Waals surface area contributed by atoms with Crippen LogP contribution >= 0.6 is 15.9 Å². The van der Waals surface area contributed by atoms with Gasteiger partial charge in [-0.15, -0.1) is 0 Å². The Morgan fingerprint density at radius 3 is 2.81 bits per heavy atom. The molecule has 1 unspecified atom stereocenters. The van der Waals surface area contributed by atoms with E-state index in [0.717, 1.165) is 16.8 Å². The second-order valence-electron chi connectivity index (χ2n) is 6.33. The average molecular weight is 350 g/mol. The molecule has 1 saturated heterocycles. The maximum Gasteiger partial charge on any atom is 0.244 e. The van der Waals surface area contributed by atoms with E-state index in [2.05, 4.69) is 57.4 Å². The molecule has 1 fully saturated rings. The van der Waals surface area contributed by atoms with Gasteiger partial charge in [0.2, 0.25) is 5.89 Å². The summed E-state index contributed by atoms with van der Waals surface area (Å²) < 4.78 is 6.58. The summed E-state index contributed by atoms with van der Waals surface area (Å²) in [5, 5.41) is 7.64. The molecule has 0 saturated carbocycles. The molecule has 0 radical (unpaired) electrons. The van der Waals surface area contributed by atoms with Gasteiger partial charge in [-0.3, -0.25) is 0 Å². The van der Waals surface area contributed by atoms with Crippen LogP contribution in [0.3, 0.4) is 0 Å². The van der Waals surface area contributed by atoms with Crippen LogP contribution in [-0.2, 0) is 6.42 Å². The average Bonchev–Trinajstić information content (AvgIpc) is 2.89. The number of benzene rings is 1. The lowest BCUT2D eigenvalue weighted by Crippen LogP contribution is -2.39. The standard InChI is InChI=1S/C16H20BrN3O/c1-16(2)8-3-9-18-14(16)15-19-13(20-21-15)10-11-4-6-12(17)7-5-11/h4-7,14,18H,3,8-10H2,1-2H3. The Morgan fingerprint density at radius 2 is 2.10 bits per heavy atom. The molecule has 1 atom stereocenters. The van der Waals surface area contributed by atoms with Gasteiger partial charge >= 0.3 is 0 Å². The molecule has 4 nitrogen and oxygen atoms in total. The molecule has 1 aliphatic rings. The van der Waals surface area contributed by atoms with Crippen molar-refractivity contribution in [2.45, 2.75) is 39.2 Å². The van der Waals surface area contributed by atoms with Crippen LogP contribution in [0.1, 0.15) is 50.0 Å². The third-order valence-corrected chi connectivity index (χ3v) is 4.66. The Labute approximate surface area is 133 Å². The summed E-state index contributed by atoms with van der Waals surface area (Å²) in [4.78, 5) is 4.60. The molecule has 0 bridgehead atoms. The van der Waals surface area contributed by atoms with E-state index in [0.29, 0.717) is 12.3 Å². The highest BCUT2D eigenvalue weighted by atomic mass is 79.9. The monoisotopic (exact) mass is 349 g/mol. The minimum Gasteiger partial charge on any atom is -0.338 e. The maximum absolute atomic E-state index is 5.50. The highest BCUT2D eigenvalue weighted by molar-refractivity contribution is 9.10. The zero-order chi connectivity index (χ0) is 14.9. The summed E-state index contributed by atoms with van der Waals surface area (Å²) in [5.74, 6) is 1.46. The normalized spacial score (nSPS) is 21.4. The van der Waals surface area contributed by atoms with E-state index in [1.165, 1.54) is 18.4 Å². The maximum atomic E-state index is 5.50. The van der Waals surface area contributed by atoms with E-state index in [4.69, 9.17) is 4.52 Å². The topological polar surface area (TPSA) is 51.0 Å². The minimum atomic E-state index is 0.150. The molecule has 0 aliphatic carbocycles. The fourth-order valence-electron chi connectivity index (χ4n) is 2.87. The number of nitrogens with one attached hydrogen (secondary N) is 1. The summed E-state index contributed by atoms with van der Waals surface area (Å²) in [5.41, 5.74) is 1.33. The van der Waals surface area contributed by atoms with Gasteiger partial charge in [-0.2, -0.15) is 4.98 Å². The molecule has 21 heavy (non-hydrogen) atoms. The second-order valence-corrected chi connectivity index (χ2v) is 7.25. The van der Waals surface area contributed by atoms with E-state index in [1.54, 1.807) is 0 Å². The van der Waals surface area contributed by atoms with Crippen molar-refractivity contribution < 1.29 is 4.52 Å². The fourth-order valence-corrected chi connectivity index (χ4v) is 3.14. The van der Waals surface area contributed by atoms with Crippen molar-refractivity contribution in [1.82, 2.24) is 15.5 Å². The van der Waals surface area contributed by atoms with Gasteiger partial charge in [0, 0.05) is 10.9 Å². The first-order chi connectivity index (χ1) is 10.0. The minimum absolute atomic E-state index is 0.150. The van der Waals surface area contributed by atoms with Crippen molar-refractivity contribution in [2.24, 2.45) is 5.41 Å². The van der Waals surface area contributed by atoms with Gasteiger partial charge in [-0.1, -0.05) is 47.1 Å². The van der Waals surface area contributed by atoms with E-state index in [-0.39, 0.29) is 11.5 Å². The highest BCUT2D eigenvalue weighted by Crippen LogP contribution is 2.39. The predicted molar refractivity (Wildman–Crippen MR) is 85.0 cm³/mol. The largest absolute Gasteiger partial charge is 0.338 e. The molecule has 1 aliphatic heterocycles. The van der Waals surface area contributed by atoms with E-state index in [9.17, 15) is 0 Å². The molecule has 5 heteroatoms. The first-order valence-electron chi connectivity index (χ1n) is 7.35. The number of nitrogens with zero attached hydrogens (tertiary/aromatic N) is 2. The van der Waals surface area contributed by atoms with Gasteiger partial charge in [0.1, 0.15) is 0 Å². The van der Waals surface area contributed by atoms with Gasteiger partial charge in [0.25, 0.3) is 0 Å². The lowest BCUT2D eigenvalue weighted by molar-refractivity contribution is 0.146. The summed E-state index contributed by atoms with van der Waals surface area (Å²) in [6.45, 7) is 5.52. The van der Waals surface area contributed by atoms with E-state index >= 15 is 0 Å².